The van der Waals surface area contributed by atoms with Gasteiger partial charge in [-0.1, -0.05) is 6.07 Å². The van der Waals surface area contributed by atoms with E-state index < -0.39 is 16.1 Å². The van der Waals surface area contributed by atoms with Crippen LogP contribution in [0, 0.1) is 13.8 Å². The zero-order valence-corrected chi connectivity index (χ0v) is 15.2. The van der Waals surface area contributed by atoms with E-state index in [1.54, 1.807) is 12.1 Å². The molecule has 0 spiro atoms. The van der Waals surface area contributed by atoms with E-state index in [-0.39, 0.29) is 16.2 Å². The van der Waals surface area contributed by atoms with Gasteiger partial charge in [-0.25, -0.2) is 4.79 Å². The SMILES string of the molecule is COC(=O)c1cc(S(=O)(=O)Oc2cc(C)cc(C)c2)ccc1Br. The van der Waals surface area contributed by atoms with E-state index in [2.05, 4.69) is 20.7 Å². The first kappa shape index (κ1) is 17.5. The van der Waals surface area contributed by atoms with Crippen LogP contribution in [0.4, 0.5) is 0 Å². The Morgan fingerprint density at radius 3 is 2.22 bits per heavy atom. The van der Waals surface area contributed by atoms with Crippen LogP contribution in [-0.2, 0) is 14.9 Å². The molecule has 0 radical (unpaired) electrons. The Hall–Kier alpha value is -1.86. The largest absolute Gasteiger partial charge is 0.465 e. The Bertz CT molecular complexity index is 839. The van der Waals surface area contributed by atoms with Gasteiger partial charge in [-0.3, -0.25) is 0 Å². The van der Waals surface area contributed by atoms with Crippen molar-refractivity contribution in [1.29, 1.82) is 0 Å². The average molecular weight is 399 g/mol. The van der Waals surface area contributed by atoms with Crippen LogP contribution in [0.2, 0.25) is 0 Å². The van der Waals surface area contributed by atoms with Gasteiger partial charge in [0.05, 0.1) is 12.7 Å². The summed E-state index contributed by atoms with van der Waals surface area (Å²) in [5, 5.41) is 0. The molecule has 0 fully saturated rings. The molecule has 0 amide bonds. The molecule has 5 nitrogen and oxygen atoms in total. The fraction of sp³-hybridized carbons (Fsp3) is 0.188. The number of rotatable bonds is 4. The number of benzene rings is 2. The first-order valence-electron chi connectivity index (χ1n) is 6.63. The summed E-state index contributed by atoms with van der Waals surface area (Å²) in [5.41, 5.74) is 1.89. The van der Waals surface area contributed by atoms with E-state index in [1.165, 1.54) is 25.3 Å². The number of halogens is 1. The molecule has 2 aromatic carbocycles. The minimum absolute atomic E-state index is 0.109. The number of hydrogen-bond acceptors (Lipinski definition) is 5. The minimum Gasteiger partial charge on any atom is -0.465 e. The predicted molar refractivity (Wildman–Crippen MR) is 89.2 cm³/mol. The smallest absolute Gasteiger partial charge is 0.339 e. The van der Waals surface area contributed by atoms with Crippen molar-refractivity contribution in [3.8, 4) is 5.75 Å². The van der Waals surface area contributed by atoms with Gasteiger partial charge >= 0.3 is 16.1 Å². The molecule has 7 heteroatoms. The lowest BCUT2D eigenvalue weighted by molar-refractivity contribution is 0.0599. The molecule has 2 aromatic rings. The molecule has 0 saturated heterocycles. The lowest BCUT2D eigenvalue weighted by Gasteiger charge is -2.10. The number of aryl methyl sites for hydroxylation is 2. The third-order valence-corrected chi connectivity index (χ3v) is 4.97. The monoisotopic (exact) mass is 398 g/mol. The molecule has 0 aliphatic heterocycles. The van der Waals surface area contributed by atoms with Crippen LogP contribution < -0.4 is 4.18 Å². The highest BCUT2D eigenvalue weighted by atomic mass is 79.9. The minimum atomic E-state index is -4.06. The second-order valence-corrected chi connectivity index (χ2v) is 7.39. The summed E-state index contributed by atoms with van der Waals surface area (Å²) < 4.78 is 35.1. The summed E-state index contributed by atoms with van der Waals surface area (Å²) >= 11 is 3.19. The molecule has 0 N–H and O–H groups in total. The van der Waals surface area contributed by atoms with E-state index in [4.69, 9.17) is 4.18 Å². The lowest BCUT2D eigenvalue weighted by Crippen LogP contribution is -2.12. The quantitative estimate of drug-likeness (QED) is 0.580. The summed E-state index contributed by atoms with van der Waals surface area (Å²) in [5.74, 6) is -0.412. The molecule has 0 aliphatic rings. The van der Waals surface area contributed by atoms with Crippen molar-refractivity contribution in [3.63, 3.8) is 0 Å². The molecule has 0 heterocycles. The second kappa shape index (κ2) is 6.72. The number of methoxy groups -OCH3 is 1. The van der Waals surface area contributed by atoms with E-state index in [0.29, 0.717) is 4.47 Å². The summed E-state index contributed by atoms with van der Waals surface area (Å²) in [6.07, 6.45) is 0. The van der Waals surface area contributed by atoms with Gasteiger partial charge in [0.25, 0.3) is 0 Å². The number of esters is 1. The fourth-order valence-electron chi connectivity index (χ4n) is 2.08. The third-order valence-electron chi connectivity index (χ3n) is 3.03. The second-order valence-electron chi connectivity index (χ2n) is 4.99. The summed E-state index contributed by atoms with van der Waals surface area (Å²) in [7, 11) is -2.83. The molecule has 0 unspecified atom stereocenters. The van der Waals surface area contributed by atoms with Crippen LogP contribution in [0.1, 0.15) is 21.5 Å². The van der Waals surface area contributed by atoms with Gasteiger partial charge in [0, 0.05) is 4.47 Å². The molecule has 2 rings (SSSR count). The number of carbonyl (C=O) groups is 1. The maximum Gasteiger partial charge on any atom is 0.339 e. The van der Waals surface area contributed by atoms with Gasteiger partial charge in [0.2, 0.25) is 0 Å². The number of ether oxygens (including phenoxy) is 1. The molecule has 0 aromatic heterocycles. The highest BCUT2D eigenvalue weighted by Gasteiger charge is 2.21. The Morgan fingerprint density at radius 1 is 1.04 bits per heavy atom. The van der Waals surface area contributed by atoms with Crippen molar-refractivity contribution in [1.82, 2.24) is 0 Å². The molecule has 122 valence electrons. The van der Waals surface area contributed by atoms with E-state index in [9.17, 15) is 13.2 Å². The average Bonchev–Trinajstić information content (AvgIpc) is 2.45. The van der Waals surface area contributed by atoms with Crippen molar-refractivity contribution >= 4 is 32.0 Å². The van der Waals surface area contributed by atoms with Crippen molar-refractivity contribution < 1.29 is 22.1 Å². The van der Waals surface area contributed by atoms with Crippen LogP contribution in [0.5, 0.6) is 5.75 Å². The van der Waals surface area contributed by atoms with Gasteiger partial charge in [-0.05, 0) is 71.2 Å². The molecular formula is C16H15BrO5S. The molecule has 0 saturated carbocycles. The number of hydrogen-bond donors (Lipinski definition) is 0. The molecule has 23 heavy (non-hydrogen) atoms. The predicted octanol–water partition coefficient (Wildman–Crippen LogP) is 3.62. The highest BCUT2D eigenvalue weighted by molar-refractivity contribution is 9.10. The first-order valence-corrected chi connectivity index (χ1v) is 8.84. The normalized spacial score (nSPS) is 11.1. The van der Waals surface area contributed by atoms with Crippen LogP contribution in [0.3, 0.4) is 0 Å². The van der Waals surface area contributed by atoms with Crippen molar-refractivity contribution in [2.75, 3.05) is 7.11 Å². The zero-order chi connectivity index (χ0) is 17.2. The maximum absolute atomic E-state index is 12.4. The molecule has 0 aliphatic carbocycles. The van der Waals surface area contributed by atoms with Gasteiger partial charge in [0.1, 0.15) is 10.6 Å². The van der Waals surface area contributed by atoms with E-state index in [1.807, 2.05) is 19.9 Å². The number of carbonyl (C=O) groups excluding carboxylic acids is 1. The topological polar surface area (TPSA) is 69.7 Å². The van der Waals surface area contributed by atoms with Crippen molar-refractivity contribution in [3.05, 3.63) is 57.6 Å². The van der Waals surface area contributed by atoms with E-state index >= 15 is 0 Å². The Kier molecular flexibility index (Phi) is 5.11. The zero-order valence-electron chi connectivity index (χ0n) is 12.8. The van der Waals surface area contributed by atoms with Crippen molar-refractivity contribution in [2.45, 2.75) is 18.7 Å². The van der Waals surface area contributed by atoms with Crippen LogP contribution >= 0.6 is 15.9 Å². The molecular weight excluding hydrogens is 384 g/mol. The van der Waals surface area contributed by atoms with Crippen LogP contribution in [-0.4, -0.2) is 21.5 Å². The van der Waals surface area contributed by atoms with Crippen LogP contribution in [0.25, 0.3) is 0 Å². The Morgan fingerprint density at radius 2 is 1.65 bits per heavy atom. The molecule has 0 atom stereocenters. The lowest BCUT2D eigenvalue weighted by atomic mass is 10.1. The first-order chi connectivity index (χ1) is 10.7. The Labute approximate surface area is 143 Å². The van der Waals surface area contributed by atoms with Crippen LogP contribution in [0.15, 0.2) is 45.8 Å². The third kappa shape index (κ3) is 4.11. The maximum atomic E-state index is 12.4. The summed E-state index contributed by atoms with van der Waals surface area (Å²) in [6, 6.07) is 9.20. The van der Waals surface area contributed by atoms with Gasteiger partial charge in [0.15, 0.2) is 0 Å². The molecule has 0 bridgehead atoms. The Balaban J connectivity index is 2.41. The van der Waals surface area contributed by atoms with Gasteiger partial charge in [-0.2, -0.15) is 8.42 Å². The highest BCUT2D eigenvalue weighted by Crippen LogP contribution is 2.25. The standard InChI is InChI=1S/C16H15BrO5S/c1-10-6-11(2)8-12(7-10)22-23(19,20)13-4-5-15(17)14(9-13)16(18)21-3/h4-9H,1-3H3. The summed E-state index contributed by atoms with van der Waals surface area (Å²) in [4.78, 5) is 11.5. The van der Waals surface area contributed by atoms with E-state index in [0.717, 1.165) is 11.1 Å². The summed E-state index contributed by atoms with van der Waals surface area (Å²) in [6.45, 7) is 3.70. The van der Waals surface area contributed by atoms with Crippen molar-refractivity contribution in [2.24, 2.45) is 0 Å². The van der Waals surface area contributed by atoms with Gasteiger partial charge in [-0.15, -0.1) is 0 Å². The van der Waals surface area contributed by atoms with Gasteiger partial charge < -0.3 is 8.92 Å². The fourth-order valence-corrected chi connectivity index (χ4v) is 3.43.